The first-order valence-electron chi connectivity index (χ1n) is 7.72. The van der Waals surface area contributed by atoms with Gasteiger partial charge in [-0.1, -0.05) is 12.1 Å². The van der Waals surface area contributed by atoms with Crippen molar-refractivity contribution in [2.24, 2.45) is 0 Å². The molecule has 2 atom stereocenters. The number of benzene rings is 2. The number of esters is 1. The van der Waals surface area contributed by atoms with Gasteiger partial charge in [-0.2, -0.15) is 0 Å². The van der Waals surface area contributed by atoms with Crippen LogP contribution in [0.3, 0.4) is 0 Å². The van der Waals surface area contributed by atoms with E-state index < -0.39 is 24.0 Å². The van der Waals surface area contributed by atoms with Gasteiger partial charge < -0.3 is 24.8 Å². The molecule has 0 fully saturated rings. The third kappa shape index (κ3) is 3.19. The molecular weight excluding hydrogens is 340 g/mol. The van der Waals surface area contributed by atoms with Crippen LogP contribution < -0.4 is 4.74 Å². The molecule has 3 N–H and O–H groups in total. The molecule has 134 valence electrons. The molecule has 26 heavy (non-hydrogen) atoms. The molecule has 0 spiro atoms. The highest BCUT2D eigenvalue weighted by molar-refractivity contribution is 5.87. The number of hydrogen-bond donors (Lipinski definition) is 3. The van der Waals surface area contributed by atoms with Gasteiger partial charge in [-0.05, 0) is 41.5 Å². The zero-order valence-corrected chi connectivity index (χ0v) is 13.7. The Hall–Kier alpha value is -3.48. The summed E-state index contributed by atoms with van der Waals surface area (Å²) in [5, 5.41) is 29.3. The summed E-state index contributed by atoms with van der Waals surface area (Å²) in [5.74, 6) is -2.82. The van der Waals surface area contributed by atoms with E-state index in [1.165, 1.54) is 37.5 Å². The summed E-state index contributed by atoms with van der Waals surface area (Å²) in [6.45, 7) is 0. The summed E-state index contributed by atoms with van der Waals surface area (Å²) < 4.78 is 10.2. The number of methoxy groups -OCH3 is 1. The topological polar surface area (TPSA) is 113 Å². The molecule has 0 saturated heterocycles. The maximum absolute atomic E-state index is 11.8. The van der Waals surface area contributed by atoms with Gasteiger partial charge in [0.15, 0.2) is 11.5 Å². The Labute approximate surface area is 148 Å². The predicted molar refractivity (Wildman–Crippen MR) is 91.0 cm³/mol. The lowest BCUT2D eigenvalue weighted by atomic mass is 9.90. The molecule has 0 bridgehead atoms. The van der Waals surface area contributed by atoms with Gasteiger partial charge in [-0.15, -0.1) is 0 Å². The molecular formula is C19H16O7. The van der Waals surface area contributed by atoms with Crippen LogP contribution in [0.25, 0.3) is 6.08 Å². The second kappa shape index (κ2) is 6.79. The number of carboxylic acids is 1. The Bertz CT molecular complexity index is 884. The number of ether oxygens (including phenoxy) is 2. The second-order valence-electron chi connectivity index (χ2n) is 5.76. The maximum atomic E-state index is 11.8. The van der Waals surface area contributed by atoms with Gasteiger partial charge in [0.2, 0.25) is 0 Å². The van der Waals surface area contributed by atoms with Gasteiger partial charge in [0, 0.05) is 11.6 Å². The molecule has 0 aromatic heterocycles. The summed E-state index contributed by atoms with van der Waals surface area (Å²) in [6, 6.07) is 8.92. The molecule has 7 nitrogen and oxygen atoms in total. The number of aliphatic carboxylic acids is 1. The third-order valence-electron chi connectivity index (χ3n) is 4.10. The van der Waals surface area contributed by atoms with E-state index in [9.17, 15) is 24.9 Å². The summed E-state index contributed by atoms with van der Waals surface area (Å²) >= 11 is 0. The van der Waals surface area contributed by atoms with Gasteiger partial charge in [0.05, 0.1) is 7.11 Å². The highest BCUT2D eigenvalue weighted by Gasteiger charge is 2.42. The molecule has 1 aliphatic heterocycles. The molecule has 0 aliphatic carbocycles. The van der Waals surface area contributed by atoms with E-state index >= 15 is 0 Å². The minimum Gasteiger partial charge on any atom is -0.508 e. The Kier molecular flexibility index (Phi) is 4.53. The Morgan fingerprint density at radius 3 is 2.46 bits per heavy atom. The zero-order valence-electron chi connectivity index (χ0n) is 13.7. The van der Waals surface area contributed by atoms with Crippen LogP contribution in [0, 0.1) is 0 Å². The van der Waals surface area contributed by atoms with Crippen LogP contribution in [0.4, 0.5) is 0 Å². The van der Waals surface area contributed by atoms with Crippen molar-refractivity contribution in [1.82, 2.24) is 0 Å². The number of hydrogen-bond acceptors (Lipinski definition) is 6. The van der Waals surface area contributed by atoms with Crippen molar-refractivity contribution in [2.75, 3.05) is 7.11 Å². The van der Waals surface area contributed by atoms with Crippen LogP contribution >= 0.6 is 0 Å². The van der Waals surface area contributed by atoms with Crippen molar-refractivity contribution >= 4 is 18.0 Å². The first kappa shape index (κ1) is 17.3. The Morgan fingerprint density at radius 2 is 1.85 bits per heavy atom. The minimum absolute atomic E-state index is 0.0502. The number of carbonyl (C=O) groups is 2. The molecule has 2 unspecified atom stereocenters. The lowest BCUT2D eigenvalue weighted by Gasteiger charge is -2.16. The Morgan fingerprint density at radius 1 is 1.15 bits per heavy atom. The van der Waals surface area contributed by atoms with Gasteiger partial charge in [-0.25, -0.2) is 4.79 Å². The van der Waals surface area contributed by atoms with E-state index in [4.69, 9.17) is 4.74 Å². The van der Waals surface area contributed by atoms with Gasteiger partial charge in [0.1, 0.15) is 17.8 Å². The van der Waals surface area contributed by atoms with Gasteiger partial charge in [0.25, 0.3) is 0 Å². The SMILES string of the molecule is COC(=O)/C=C/c1cc(O)c2c(c1)C(C(=O)O)C(c1ccc(O)cc1)O2. The average Bonchev–Trinajstić information content (AvgIpc) is 3.00. The normalized spacial score (nSPS) is 18.3. The molecule has 0 radical (unpaired) electrons. The van der Waals surface area contributed by atoms with Gasteiger partial charge in [-0.3, -0.25) is 4.79 Å². The lowest BCUT2D eigenvalue weighted by molar-refractivity contribution is -0.140. The molecule has 7 heteroatoms. The standard InChI is InChI=1S/C19H16O7/c1-25-15(22)7-2-10-8-13-16(19(23)24)17(26-18(13)14(21)9-10)11-3-5-12(20)6-4-11/h2-9,16-17,20-21H,1H3,(H,23,24)/b7-2+. The van der Waals surface area contributed by atoms with E-state index in [-0.39, 0.29) is 17.2 Å². The smallest absolute Gasteiger partial charge is 0.330 e. The highest BCUT2D eigenvalue weighted by atomic mass is 16.5. The predicted octanol–water partition coefficient (Wildman–Crippen LogP) is 2.59. The maximum Gasteiger partial charge on any atom is 0.330 e. The second-order valence-corrected chi connectivity index (χ2v) is 5.76. The highest BCUT2D eigenvalue weighted by Crippen LogP contribution is 2.50. The van der Waals surface area contributed by atoms with Crippen molar-refractivity contribution in [1.29, 1.82) is 0 Å². The fraction of sp³-hybridized carbons (Fsp3) is 0.158. The van der Waals surface area contributed by atoms with Crippen LogP contribution in [-0.2, 0) is 14.3 Å². The summed E-state index contributed by atoms with van der Waals surface area (Å²) in [5.41, 5.74) is 1.30. The van der Waals surface area contributed by atoms with Crippen LogP contribution in [0.15, 0.2) is 42.5 Å². The van der Waals surface area contributed by atoms with E-state index in [1.54, 1.807) is 18.2 Å². The van der Waals surface area contributed by atoms with Gasteiger partial charge >= 0.3 is 11.9 Å². The average molecular weight is 356 g/mol. The number of aromatic hydroxyl groups is 2. The zero-order chi connectivity index (χ0) is 18.8. The molecule has 2 aromatic rings. The van der Waals surface area contributed by atoms with Crippen LogP contribution in [0.2, 0.25) is 0 Å². The summed E-state index contributed by atoms with van der Waals surface area (Å²) in [6.07, 6.45) is 1.73. The fourth-order valence-electron chi connectivity index (χ4n) is 2.89. The third-order valence-corrected chi connectivity index (χ3v) is 4.10. The van der Waals surface area contributed by atoms with Crippen molar-refractivity contribution in [3.05, 3.63) is 59.2 Å². The Balaban J connectivity index is 2.03. The van der Waals surface area contributed by atoms with Crippen molar-refractivity contribution in [3.63, 3.8) is 0 Å². The first-order chi connectivity index (χ1) is 12.4. The quantitative estimate of drug-likeness (QED) is 0.570. The number of carbonyl (C=O) groups excluding carboxylic acids is 1. The minimum atomic E-state index is -1.12. The molecule has 1 heterocycles. The number of phenolic OH excluding ortho intramolecular Hbond substituents is 2. The van der Waals surface area contributed by atoms with Crippen molar-refractivity contribution in [2.45, 2.75) is 12.0 Å². The van der Waals surface area contributed by atoms with E-state index in [0.717, 1.165) is 0 Å². The molecule has 2 aromatic carbocycles. The van der Waals surface area contributed by atoms with E-state index in [2.05, 4.69) is 4.74 Å². The number of fused-ring (bicyclic) bond motifs is 1. The first-order valence-corrected chi connectivity index (χ1v) is 7.72. The molecule has 1 aliphatic rings. The molecule has 0 saturated carbocycles. The number of carboxylic acid groups (broad SMARTS) is 1. The van der Waals surface area contributed by atoms with Crippen LogP contribution in [0.1, 0.15) is 28.7 Å². The number of phenols is 2. The fourth-order valence-corrected chi connectivity index (χ4v) is 2.89. The summed E-state index contributed by atoms with van der Waals surface area (Å²) in [7, 11) is 1.24. The van der Waals surface area contributed by atoms with Crippen molar-refractivity contribution in [3.8, 4) is 17.2 Å². The number of rotatable bonds is 4. The van der Waals surface area contributed by atoms with E-state index in [1.807, 2.05) is 0 Å². The van der Waals surface area contributed by atoms with Crippen molar-refractivity contribution < 1.29 is 34.4 Å². The lowest BCUT2D eigenvalue weighted by Crippen LogP contribution is -2.18. The molecule has 3 rings (SSSR count). The molecule has 0 amide bonds. The largest absolute Gasteiger partial charge is 0.508 e. The van der Waals surface area contributed by atoms with E-state index in [0.29, 0.717) is 16.7 Å². The monoisotopic (exact) mass is 356 g/mol. The van der Waals surface area contributed by atoms with Crippen LogP contribution in [-0.4, -0.2) is 34.4 Å². The summed E-state index contributed by atoms with van der Waals surface area (Å²) in [4.78, 5) is 23.1. The van der Waals surface area contributed by atoms with Crippen LogP contribution in [0.5, 0.6) is 17.2 Å².